The lowest BCUT2D eigenvalue weighted by molar-refractivity contribution is 0.126. The maximum Gasteiger partial charge on any atom is 0.0249 e. The van der Waals surface area contributed by atoms with Gasteiger partial charge in [-0.05, 0) is 56.9 Å². The van der Waals surface area contributed by atoms with Crippen molar-refractivity contribution in [3.05, 3.63) is 0 Å². The van der Waals surface area contributed by atoms with E-state index in [0.717, 1.165) is 30.0 Å². The van der Waals surface area contributed by atoms with Crippen LogP contribution in [0.1, 0.15) is 70.6 Å². The molecule has 0 aromatic carbocycles. The van der Waals surface area contributed by atoms with E-state index in [1.54, 1.807) is 0 Å². The van der Waals surface area contributed by atoms with Crippen LogP contribution in [-0.4, -0.2) is 36.1 Å². The van der Waals surface area contributed by atoms with Crippen LogP contribution >= 0.6 is 0 Å². The van der Waals surface area contributed by atoms with Crippen molar-refractivity contribution in [3.63, 3.8) is 0 Å². The fraction of sp³-hybridized carbons (Fsp3) is 1.00. The Morgan fingerprint density at radius 3 is 2.50 bits per heavy atom. The molecule has 5 atom stereocenters. The fourth-order valence-corrected chi connectivity index (χ4v) is 5.77. The van der Waals surface area contributed by atoms with E-state index in [4.69, 9.17) is 0 Å². The number of fused-ring (bicyclic) bond motifs is 2. The molecule has 0 radical (unpaired) electrons. The Hall–Kier alpha value is -0.0800. The van der Waals surface area contributed by atoms with Gasteiger partial charge in [0.1, 0.15) is 0 Å². The van der Waals surface area contributed by atoms with Crippen LogP contribution in [0.4, 0.5) is 0 Å². The van der Waals surface area contributed by atoms with Crippen molar-refractivity contribution in [2.75, 3.05) is 13.1 Å². The molecule has 0 aromatic rings. The highest BCUT2D eigenvalue weighted by Crippen LogP contribution is 2.41. The summed E-state index contributed by atoms with van der Waals surface area (Å²) in [5, 5.41) is 4.11. The van der Waals surface area contributed by atoms with Gasteiger partial charge in [-0.15, -0.1) is 0 Å². The van der Waals surface area contributed by atoms with E-state index in [-0.39, 0.29) is 0 Å². The predicted octanol–water partition coefficient (Wildman–Crippen LogP) is 3.56. The molecule has 2 heteroatoms. The number of nitrogens with one attached hydrogen (secondary N) is 1. The molecular weight excluding hydrogens is 244 g/mol. The summed E-state index contributed by atoms with van der Waals surface area (Å²) in [6, 6.07) is 2.55. The summed E-state index contributed by atoms with van der Waals surface area (Å²) < 4.78 is 0. The van der Waals surface area contributed by atoms with Crippen molar-refractivity contribution >= 4 is 0 Å². The zero-order valence-electron chi connectivity index (χ0n) is 13.0. The molecular formula is C18H32N2. The first-order chi connectivity index (χ1) is 9.90. The van der Waals surface area contributed by atoms with Crippen molar-refractivity contribution in [1.82, 2.24) is 10.2 Å². The van der Waals surface area contributed by atoms with Crippen LogP contribution in [0.15, 0.2) is 0 Å². The second-order valence-corrected chi connectivity index (χ2v) is 7.98. The van der Waals surface area contributed by atoms with Gasteiger partial charge in [-0.3, -0.25) is 4.90 Å². The van der Waals surface area contributed by atoms with Crippen LogP contribution in [-0.2, 0) is 0 Å². The number of piperidine rings is 1. The molecule has 4 rings (SSSR count). The molecule has 0 amide bonds. The normalized spacial score (nSPS) is 45.9. The van der Waals surface area contributed by atoms with Crippen LogP contribution in [0.3, 0.4) is 0 Å². The van der Waals surface area contributed by atoms with Crippen LogP contribution in [0.25, 0.3) is 0 Å². The van der Waals surface area contributed by atoms with Crippen molar-refractivity contribution in [3.8, 4) is 0 Å². The molecule has 20 heavy (non-hydrogen) atoms. The summed E-state index contributed by atoms with van der Waals surface area (Å²) >= 11 is 0. The Kier molecular flexibility index (Phi) is 4.05. The Labute approximate surface area is 124 Å². The first-order valence-electron chi connectivity index (χ1n) is 9.40. The van der Waals surface area contributed by atoms with Gasteiger partial charge in [0, 0.05) is 24.7 Å². The lowest BCUT2D eigenvalue weighted by Crippen LogP contribution is -2.50. The Balaban J connectivity index is 1.33. The minimum atomic E-state index is 0.820. The third-order valence-electron chi connectivity index (χ3n) is 6.85. The van der Waals surface area contributed by atoms with E-state index >= 15 is 0 Å². The molecule has 0 aromatic heterocycles. The van der Waals surface area contributed by atoms with Crippen molar-refractivity contribution in [2.45, 2.75) is 88.8 Å². The van der Waals surface area contributed by atoms with Gasteiger partial charge in [-0.25, -0.2) is 0 Å². The first-order valence-corrected chi connectivity index (χ1v) is 9.40. The van der Waals surface area contributed by atoms with Crippen molar-refractivity contribution in [1.29, 1.82) is 0 Å². The molecule has 0 spiro atoms. The molecule has 2 aliphatic carbocycles. The van der Waals surface area contributed by atoms with E-state index in [1.165, 1.54) is 83.7 Å². The number of nitrogens with zero attached hydrogens (tertiary/aromatic N) is 1. The predicted molar refractivity (Wildman–Crippen MR) is 83.8 cm³/mol. The smallest absolute Gasteiger partial charge is 0.0249 e. The number of hydrogen-bond acceptors (Lipinski definition) is 2. The Bertz CT molecular complexity index is 329. The maximum atomic E-state index is 4.11. The maximum absolute atomic E-state index is 4.11. The van der Waals surface area contributed by atoms with Gasteiger partial charge in [0.05, 0.1) is 0 Å². The van der Waals surface area contributed by atoms with Crippen molar-refractivity contribution < 1.29 is 0 Å². The third kappa shape index (κ3) is 2.66. The Morgan fingerprint density at radius 2 is 1.55 bits per heavy atom. The van der Waals surface area contributed by atoms with Gasteiger partial charge >= 0.3 is 0 Å². The minimum absolute atomic E-state index is 0.820. The molecule has 1 N–H and O–H groups in total. The molecule has 5 unspecified atom stereocenters. The van der Waals surface area contributed by atoms with Gasteiger partial charge in [0.2, 0.25) is 0 Å². The average Bonchev–Trinajstić information content (AvgIpc) is 2.91. The van der Waals surface area contributed by atoms with Gasteiger partial charge in [-0.2, -0.15) is 0 Å². The van der Waals surface area contributed by atoms with Gasteiger partial charge in [0.25, 0.3) is 0 Å². The highest BCUT2D eigenvalue weighted by molar-refractivity contribution is 4.97. The van der Waals surface area contributed by atoms with E-state index < -0.39 is 0 Å². The summed E-state index contributed by atoms with van der Waals surface area (Å²) in [5.74, 6) is 2.16. The average molecular weight is 276 g/mol. The van der Waals surface area contributed by atoms with E-state index in [1.807, 2.05) is 0 Å². The standard InChI is InChI=1S/C18H32N2/c1-2-6-15-13-16(9-8-14(15)5-1)19-17-10-12-20-11-4-3-7-18(17)20/h14-19H,1-13H2. The van der Waals surface area contributed by atoms with E-state index in [0.29, 0.717) is 0 Å². The number of hydrogen-bond donors (Lipinski definition) is 1. The summed E-state index contributed by atoms with van der Waals surface area (Å²) in [7, 11) is 0. The highest BCUT2D eigenvalue weighted by atomic mass is 15.2. The zero-order valence-corrected chi connectivity index (χ0v) is 13.0. The molecule has 2 saturated heterocycles. The summed E-state index contributed by atoms with van der Waals surface area (Å²) in [5.41, 5.74) is 0. The van der Waals surface area contributed by atoms with E-state index in [9.17, 15) is 0 Å². The topological polar surface area (TPSA) is 15.3 Å². The quantitative estimate of drug-likeness (QED) is 0.829. The minimum Gasteiger partial charge on any atom is -0.310 e. The zero-order chi connectivity index (χ0) is 13.4. The van der Waals surface area contributed by atoms with Crippen LogP contribution in [0.5, 0.6) is 0 Å². The Morgan fingerprint density at radius 1 is 0.700 bits per heavy atom. The molecule has 4 aliphatic rings. The van der Waals surface area contributed by atoms with Crippen LogP contribution in [0, 0.1) is 11.8 Å². The van der Waals surface area contributed by atoms with Crippen LogP contribution < -0.4 is 5.32 Å². The lowest BCUT2D eigenvalue weighted by Gasteiger charge is -2.41. The van der Waals surface area contributed by atoms with Gasteiger partial charge in [-0.1, -0.05) is 32.1 Å². The van der Waals surface area contributed by atoms with Crippen molar-refractivity contribution in [2.24, 2.45) is 11.8 Å². The summed E-state index contributed by atoms with van der Waals surface area (Å²) in [6.07, 6.45) is 16.3. The van der Waals surface area contributed by atoms with Crippen LogP contribution in [0.2, 0.25) is 0 Å². The van der Waals surface area contributed by atoms with Gasteiger partial charge in [0.15, 0.2) is 0 Å². The van der Waals surface area contributed by atoms with E-state index in [2.05, 4.69) is 10.2 Å². The third-order valence-corrected chi connectivity index (χ3v) is 6.85. The molecule has 4 fully saturated rings. The number of rotatable bonds is 2. The summed E-state index contributed by atoms with van der Waals surface area (Å²) in [4.78, 5) is 2.77. The summed E-state index contributed by atoms with van der Waals surface area (Å²) in [6.45, 7) is 2.74. The van der Waals surface area contributed by atoms with Gasteiger partial charge < -0.3 is 5.32 Å². The monoisotopic (exact) mass is 276 g/mol. The molecule has 2 nitrogen and oxygen atoms in total. The molecule has 2 saturated carbocycles. The second-order valence-electron chi connectivity index (χ2n) is 7.98. The fourth-order valence-electron chi connectivity index (χ4n) is 5.77. The highest BCUT2D eigenvalue weighted by Gasteiger charge is 2.38. The molecule has 0 bridgehead atoms. The second kappa shape index (κ2) is 5.96. The molecule has 2 aliphatic heterocycles. The molecule has 2 heterocycles. The molecule has 114 valence electrons. The largest absolute Gasteiger partial charge is 0.310 e. The first kappa shape index (κ1) is 13.6. The SMILES string of the molecule is C1CCC2CC(NC3CCN4CCCCC34)CCC2C1. The lowest BCUT2D eigenvalue weighted by atomic mass is 9.69.